The number of hydrogen-bond donors (Lipinski definition) is 4. The molecular formula is C32H34BrN5O10. The molecule has 3 aromatic rings. The second-order valence-electron chi connectivity index (χ2n) is 10.2. The standard InChI is InChI=1S/C32H34BrN5O10/c1-5-46-25-13-20(29-28(31(40)45-4)18(2)35-32(41)36-29)8-11-24(25)47-17-27(39)37-34-15-21-12-22(33)14-26(44-3)30(21)48-16-19-6-9-23(10-7-19)38(42)43/h6-15,27,29,37,39H,5,16-17H2,1-4H3,(H2,35,36,41)/b34-15+/t27-,29-/m1/s1. The lowest BCUT2D eigenvalue weighted by Crippen LogP contribution is -2.45. The molecule has 0 bridgehead atoms. The van der Waals surface area contributed by atoms with E-state index in [2.05, 4.69) is 37.1 Å². The molecule has 0 aromatic heterocycles. The van der Waals surface area contributed by atoms with E-state index in [9.17, 15) is 24.8 Å². The largest absolute Gasteiger partial charge is 0.493 e. The highest BCUT2D eigenvalue weighted by atomic mass is 79.9. The quantitative estimate of drug-likeness (QED) is 0.0568. The average molecular weight is 729 g/mol. The molecule has 0 unspecified atom stereocenters. The summed E-state index contributed by atoms with van der Waals surface area (Å²) in [6.45, 7) is 3.58. The van der Waals surface area contributed by atoms with Gasteiger partial charge in [-0.2, -0.15) is 5.10 Å². The molecule has 2 amide bonds. The van der Waals surface area contributed by atoms with Crippen molar-refractivity contribution < 1.29 is 43.3 Å². The molecule has 1 aliphatic heterocycles. The van der Waals surface area contributed by atoms with Crippen LogP contribution in [0, 0.1) is 10.1 Å². The number of nitro benzene ring substituents is 1. The molecular weight excluding hydrogens is 694 g/mol. The molecule has 1 aliphatic rings. The fourth-order valence-corrected chi connectivity index (χ4v) is 5.13. The Bertz CT molecular complexity index is 1710. The number of methoxy groups -OCH3 is 2. The lowest BCUT2D eigenvalue weighted by Gasteiger charge is -2.28. The van der Waals surface area contributed by atoms with Gasteiger partial charge in [-0.15, -0.1) is 0 Å². The van der Waals surface area contributed by atoms with Crippen molar-refractivity contribution in [2.45, 2.75) is 32.7 Å². The highest BCUT2D eigenvalue weighted by molar-refractivity contribution is 9.10. The number of aliphatic hydroxyl groups is 1. The lowest BCUT2D eigenvalue weighted by molar-refractivity contribution is -0.384. The topological polar surface area (TPSA) is 192 Å². The first kappa shape index (κ1) is 35.5. The molecule has 15 nitrogen and oxygen atoms in total. The molecule has 0 fully saturated rings. The number of nitro groups is 1. The van der Waals surface area contributed by atoms with Crippen molar-refractivity contribution in [1.29, 1.82) is 0 Å². The van der Waals surface area contributed by atoms with Crippen LogP contribution >= 0.6 is 15.9 Å². The van der Waals surface area contributed by atoms with Gasteiger partial charge in [0.1, 0.15) is 13.2 Å². The van der Waals surface area contributed by atoms with Gasteiger partial charge in [-0.3, -0.25) is 15.5 Å². The Balaban J connectivity index is 1.44. The summed E-state index contributed by atoms with van der Waals surface area (Å²) in [5, 5.41) is 31.0. The predicted molar refractivity (Wildman–Crippen MR) is 177 cm³/mol. The number of benzene rings is 3. The van der Waals surface area contributed by atoms with Crippen molar-refractivity contribution in [2.24, 2.45) is 5.10 Å². The third kappa shape index (κ3) is 8.92. The van der Waals surface area contributed by atoms with Gasteiger partial charge in [0.05, 0.1) is 43.6 Å². The third-order valence-corrected chi connectivity index (χ3v) is 7.36. The fraction of sp³-hybridized carbons (Fsp3) is 0.281. The van der Waals surface area contributed by atoms with Crippen molar-refractivity contribution in [3.8, 4) is 23.0 Å². The highest BCUT2D eigenvalue weighted by Crippen LogP contribution is 2.36. The molecule has 0 saturated carbocycles. The number of hydrogen-bond acceptors (Lipinski definition) is 12. The Morgan fingerprint density at radius 1 is 1.10 bits per heavy atom. The Morgan fingerprint density at radius 3 is 2.52 bits per heavy atom. The van der Waals surface area contributed by atoms with Crippen LogP contribution in [0.4, 0.5) is 10.5 Å². The number of ether oxygens (including phenoxy) is 5. The molecule has 16 heteroatoms. The molecule has 254 valence electrons. The van der Waals surface area contributed by atoms with E-state index in [1.807, 2.05) is 0 Å². The maximum Gasteiger partial charge on any atom is 0.337 e. The van der Waals surface area contributed by atoms with Gasteiger partial charge in [0.25, 0.3) is 5.69 Å². The number of non-ortho nitro benzene ring substituents is 1. The van der Waals surface area contributed by atoms with Crippen LogP contribution in [-0.4, -0.2) is 61.9 Å². The first-order valence-corrected chi connectivity index (χ1v) is 15.3. The molecule has 3 aromatic carbocycles. The maximum absolute atomic E-state index is 12.5. The van der Waals surface area contributed by atoms with E-state index < -0.39 is 29.2 Å². The molecule has 1 heterocycles. The van der Waals surface area contributed by atoms with Crippen molar-refractivity contribution in [1.82, 2.24) is 16.1 Å². The van der Waals surface area contributed by atoms with Crippen LogP contribution in [-0.2, 0) is 16.1 Å². The number of carbonyl (C=O) groups is 2. The molecule has 4 N–H and O–H groups in total. The number of nitrogens with zero attached hydrogens (tertiary/aromatic N) is 2. The molecule has 48 heavy (non-hydrogen) atoms. The number of allylic oxidation sites excluding steroid dienone is 1. The molecule has 0 saturated heterocycles. The molecule has 0 aliphatic carbocycles. The Kier molecular flexibility index (Phi) is 12.2. The predicted octanol–water partition coefficient (Wildman–Crippen LogP) is 4.47. The van der Waals surface area contributed by atoms with E-state index in [0.29, 0.717) is 56.5 Å². The number of carbonyl (C=O) groups excluding carboxylic acids is 2. The number of urea groups is 1. The monoisotopic (exact) mass is 727 g/mol. The van der Waals surface area contributed by atoms with Gasteiger partial charge in [0, 0.05) is 27.9 Å². The maximum atomic E-state index is 12.5. The van der Waals surface area contributed by atoms with Gasteiger partial charge < -0.3 is 39.4 Å². The number of rotatable bonds is 15. The third-order valence-electron chi connectivity index (χ3n) is 6.90. The zero-order valence-electron chi connectivity index (χ0n) is 26.4. The van der Waals surface area contributed by atoms with Gasteiger partial charge in [0.2, 0.25) is 0 Å². The van der Waals surface area contributed by atoms with Crippen LogP contribution in [0.3, 0.4) is 0 Å². The molecule has 2 atom stereocenters. The van der Waals surface area contributed by atoms with Gasteiger partial charge in [0.15, 0.2) is 29.2 Å². The summed E-state index contributed by atoms with van der Waals surface area (Å²) in [6, 6.07) is 13.1. The molecule has 0 spiro atoms. The van der Waals surface area contributed by atoms with Crippen LogP contribution in [0.2, 0.25) is 0 Å². The number of aliphatic hydroxyl groups excluding tert-OH is 1. The first-order valence-electron chi connectivity index (χ1n) is 14.5. The zero-order chi connectivity index (χ0) is 34.8. The Morgan fingerprint density at radius 2 is 1.85 bits per heavy atom. The van der Waals surface area contributed by atoms with Crippen molar-refractivity contribution in [2.75, 3.05) is 27.4 Å². The van der Waals surface area contributed by atoms with Gasteiger partial charge in [-0.25, -0.2) is 9.59 Å². The lowest BCUT2D eigenvalue weighted by atomic mass is 9.95. The van der Waals surface area contributed by atoms with Gasteiger partial charge >= 0.3 is 12.0 Å². The molecule has 0 radical (unpaired) electrons. The minimum absolute atomic E-state index is 0.0264. The summed E-state index contributed by atoms with van der Waals surface area (Å²) in [4.78, 5) is 35.1. The van der Waals surface area contributed by atoms with Crippen molar-refractivity contribution in [3.63, 3.8) is 0 Å². The smallest absolute Gasteiger partial charge is 0.337 e. The van der Waals surface area contributed by atoms with E-state index >= 15 is 0 Å². The van der Waals surface area contributed by atoms with Crippen LogP contribution in [0.25, 0.3) is 0 Å². The first-order chi connectivity index (χ1) is 23.0. The average Bonchev–Trinajstić information content (AvgIpc) is 3.06. The Labute approximate surface area is 284 Å². The Hall–Kier alpha value is -5.35. The summed E-state index contributed by atoms with van der Waals surface area (Å²) >= 11 is 3.43. The summed E-state index contributed by atoms with van der Waals surface area (Å²) in [6.07, 6.45) is 0.193. The van der Waals surface area contributed by atoms with Gasteiger partial charge in [-0.05, 0) is 61.4 Å². The second kappa shape index (κ2) is 16.5. The van der Waals surface area contributed by atoms with E-state index in [1.165, 1.54) is 32.6 Å². The SMILES string of the molecule is CCOc1cc([C@H]2NC(=O)NC(C)=C2C(=O)OC)ccc1OC[C@@H](O)N/N=C/c1cc(Br)cc(OC)c1OCc1ccc([N+](=O)[O-])cc1. The summed E-state index contributed by atoms with van der Waals surface area (Å²) in [7, 11) is 2.75. The van der Waals surface area contributed by atoms with Gasteiger partial charge in [-0.1, -0.05) is 22.0 Å². The molecule has 4 rings (SSSR count). The number of esters is 1. The van der Waals surface area contributed by atoms with E-state index in [0.717, 1.165) is 0 Å². The normalized spacial score (nSPS) is 14.9. The number of amides is 2. The van der Waals surface area contributed by atoms with Crippen LogP contribution in [0.15, 0.2) is 75.4 Å². The number of hydrazone groups is 1. The van der Waals surface area contributed by atoms with E-state index in [4.69, 9.17) is 23.7 Å². The van der Waals surface area contributed by atoms with Crippen LogP contribution in [0.5, 0.6) is 23.0 Å². The number of nitrogens with one attached hydrogen (secondary N) is 3. The van der Waals surface area contributed by atoms with E-state index in [-0.39, 0.29) is 24.5 Å². The zero-order valence-corrected chi connectivity index (χ0v) is 28.0. The highest BCUT2D eigenvalue weighted by Gasteiger charge is 2.32. The minimum Gasteiger partial charge on any atom is -0.493 e. The minimum atomic E-state index is -1.24. The number of halogens is 1. The summed E-state index contributed by atoms with van der Waals surface area (Å²) in [5.41, 5.74) is 4.95. The summed E-state index contributed by atoms with van der Waals surface area (Å²) < 4.78 is 28.6. The van der Waals surface area contributed by atoms with Crippen LogP contribution < -0.4 is 35.0 Å². The van der Waals surface area contributed by atoms with Crippen molar-refractivity contribution >= 4 is 39.8 Å². The second-order valence-corrected chi connectivity index (χ2v) is 11.1. The summed E-state index contributed by atoms with van der Waals surface area (Å²) in [5.74, 6) is 0.822. The fourth-order valence-electron chi connectivity index (χ4n) is 4.68. The van der Waals surface area contributed by atoms with Crippen LogP contribution in [0.1, 0.15) is 36.6 Å². The van der Waals surface area contributed by atoms with Crippen molar-refractivity contribution in [3.05, 3.63) is 97.1 Å². The van der Waals surface area contributed by atoms with E-state index in [1.54, 1.807) is 56.3 Å².